The summed E-state index contributed by atoms with van der Waals surface area (Å²) in [6.07, 6.45) is -2.27. The summed E-state index contributed by atoms with van der Waals surface area (Å²) >= 11 is 0. The van der Waals surface area contributed by atoms with Crippen molar-refractivity contribution >= 4 is 29.7 Å². The number of hydrogen-bond acceptors (Lipinski definition) is 5. The van der Waals surface area contributed by atoms with Crippen molar-refractivity contribution in [1.29, 1.82) is 5.41 Å². The molecule has 0 spiro atoms. The Balaban J connectivity index is 2.08. The zero-order valence-corrected chi connectivity index (χ0v) is 17.8. The van der Waals surface area contributed by atoms with Gasteiger partial charge in [-0.05, 0) is 36.4 Å². The number of amides is 2. The van der Waals surface area contributed by atoms with Crippen molar-refractivity contribution in [3.05, 3.63) is 65.0 Å². The molecule has 9 nitrogen and oxygen atoms in total. The molecule has 0 radical (unpaired) electrons. The predicted octanol–water partition coefficient (Wildman–Crippen LogP) is -0.143. The highest BCUT2D eigenvalue weighted by molar-refractivity contribution is 6.18. The fourth-order valence-corrected chi connectivity index (χ4v) is 2.59. The minimum atomic E-state index is -4.46. The first-order chi connectivity index (χ1) is 15.5. The number of likely N-dealkylation sites (N-methyl/N-ethyl adjacent to an activating group) is 1. The number of quaternary nitrogens is 1. The van der Waals surface area contributed by atoms with E-state index in [0.29, 0.717) is 17.1 Å². The van der Waals surface area contributed by atoms with Crippen LogP contribution in [0.15, 0.2) is 53.9 Å². The monoisotopic (exact) mass is 464 g/mol. The second-order valence-corrected chi connectivity index (χ2v) is 6.66. The number of nitrogens with one attached hydrogen (secondary N) is 3. The Hall–Kier alpha value is -4.06. The zero-order valence-electron chi connectivity index (χ0n) is 17.8. The average Bonchev–Trinajstić information content (AvgIpc) is 2.76. The SMILES string of the molecule is C[NH2+]/C(COc1ccc(C(F)(F)F)cc1)=C(\C=N)C(=O)NC(=[NH2+])c1ccc(NC(C)=O)nc1. The van der Waals surface area contributed by atoms with E-state index in [1.165, 1.54) is 31.3 Å². The molecule has 1 aromatic heterocycles. The Morgan fingerprint density at radius 3 is 2.36 bits per heavy atom. The minimum Gasteiger partial charge on any atom is -0.483 e. The fourth-order valence-electron chi connectivity index (χ4n) is 2.59. The number of halogens is 3. The Morgan fingerprint density at radius 2 is 1.88 bits per heavy atom. The van der Waals surface area contributed by atoms with Gasteiger partial charge in [0.05, 0.1) is 18.2 Å². The van der Waals surface area contributed by atoms with Crippen LogP contribution in [-0.2, 0) is 15.8 Å². The molecule has 2 aromatic rings. The topological polar surface area (TPSA) is 146 Å². The number of nitrogens with two attached hydrogens (primary N) is 2. The molecule has 0 aliphatic heterocycles. The Bertz CT molecular complexity index is 1060. The summed E-state index contributed by atoms with van der Waals surface area (Å²) in [6.45, 7) is 1.18. The van der Waals surface area contributed by atoms with E-state index in [-0.39, 0.29) is 29.7 Å². The van der Waals surface area contributed by atoms with Crippen LogP contribution >= 0.6 is 0 Å². The standard InChI is InChI=1S/C21H21F3N6O3/c1-12(31)29-18-8-3-13(10-28-18)19(26)30-20(32)16(9-25)17(27-2)11-33-15-6-4-14(5-7-15)21(22,23)24/h3-10,25,27H,11H2,1-2H3,(H2,26,30,32)(H,28,29,31)/p+2/b17-16+,25-9?. The number of rotatable bonds is 8. The molecule has 12 heteroatoms. The number of carbonyl (C=O) groups is 2. The van der Waals surface area contributed by atoms with E-state index in [1.54, 1.807) is 18.4 Å². The second kappa shape index (κ2) is 11.0. The third-order valence-electron chi connectivity index (χ3n) is 4.29. The van der Waals surface area contributed by atoms with Gasteiger partial charge in [0.15, 0.2) is 12.3 Å². The molecule has 174 valence electrons. The van der Waals surface area contributed by atoms with Gasteiger partial charge in [-0.15, -0.1) is 0 Å². The van der Waals surface area contributed by atoms with Crippen molar-refractivity contribution in [2.75, 3.05) is 19.0 Å². The molecular formula is C21H23F3N6O3+2. The van der Waals surface area contributed by atoms with Gasteiger partial charge in [-0.1, -0.05) is 0 Å². The summed E-state index contributed by atoms with van der Waals surface area (Å²) in [5.74, 6) is -0.516. The summed E-state index contributed by atoms with van der Waals surface area (Å²) in [7, 11) is 1.62. The summed E-state index contributed by atoms with van der Waals surface area (Å²) < 4.78 is 43.5. The van der Waals surface area contributed by atoms with Crippen LogP contribution in [0.5, 0.6) is 5.75 Å². The molecule has 0 saturated carbocycles. The summed E-state index contributed by atoms with van der Waals surface area (Å²) in [6, 6.07) is 7.17. The second-order valence-electron chi connectivity index (χ2n) is 6.66. The molecule has 2 rings (SSSR count). The van der Waals surface area contributed by atoms with Gasteiger partial charge in [-0.3, -0.25) is 10.2 Å². The molecule has 0 saturated heterocycles. The Labute approximate surface area is 187 Å². The predicted molar refractivity (Wildman–Crippen MR) is 113 cm³/mol. The fraction of sp³-hybridized carbons (Fsp3) is 0.190. The highest BCUT2D eigenvalue weighted by atomic mass is 19.4. The van der Waals surface area contributed by atoms with Crippen LogP contribution in [0.25, 0.3) is 0 Å². The van der Waals surface area contributed by atoms with Crippen molar-refractivity contribution in [2.24, 2.45) is 0 Å². The molecule has 0 bridgehead atoms. The third-order valence-corrected chi connectivity index (χ3v) is 4.29. The summed E-state index contributed by atoms with van der Waals surface area (Å²) in [5, 5.41) is 20.0. The van der Waals surface area contributed by atoms with Gasteiger partial charge in [0.25, 0.3) is 5.84 Å². The first-order valence-electron chi connectivity index (χ1n) is 9.56. The largest absolute Gasteiger partial charge is 0.483 e. The molecule has 7 N–H and O–H groups in total. The Morgan fingerprint density at radius 1 is 1.21 bits per heavy atom. The van der Waals surface area contributed by atoms with Crippen LogP contribution in [0.4, 0.5) is 19.0 Å². The van der Waals surface area contributed by atoms with Gasteiger partial charge in [-0.25, -0.2) is 15.1 Å². The number of ether oxygens (including phenoxy) is 1. The van der Waals surface area contributed by atoms with E-state index in [4.69, 9.17) is 15.6 Å². The van der Waals surface area contributed by atoms with Gasteiger partial charge < -0.3 is 20.8 Å². The van der Waals surface area contributed by atoms with Crippen LogP contribution in [0, 0.1) is 5.41 Å². The molecule has 1 heterocycles. The maximum atomic E-state index is 12.7. The number of amidine groups is 1. The first-order valence-corrected chi connectivity index (χ1v) is 9.56. The lowest BCUT2D eigenvalue weighted by Gasteiger charge is -2.10. The van der Waals surface area contributed by atoms with Crippen LogP contribution < -0.4 is 26.1 Å². The van der Waals surface area contributed by atoms with Gasteiger partial charge in [0, 0.05) is 19.3 Å². The van der Waals surface area contributed by atoms with Gasteiger partial charge >= 0.3 is 12.1 Å². The van der Waals surface area contributed by atoms with E-state index in [0.717, 1.165) is 18.3 Å². The highest BCUT2D eigenvalue weighted by Crippen LogP contribution is 2.30. The van der Waals surface area contributed by atoms with Crippen molar-refractivity contribution < 1.29 is 38.2 Å². The first kappa shape index (κ1) is 25.2. The number of pyridine rings is 1. The van der Waals surface area contributed by atoms with Crippen molar-refractivity contribution in [2.45, 2.75) is 13.1 Å². The number of alkyl halides is 3. The molecular weight excluding hydrogens is 441 g/mol. The number of hydrogen-bond donors (Lipinski definition) is 5. The quantitative estimate of drug-likeness (QED) is 0.210. The average molecular weight is 464 g/mol. The van der Waals surface area contributed by atoms with Crippen molar-refractivity contribution in [3.8, 4) is 5.75 Å². The number of carbonyl (C=O) groups excluding carboxylic acids is 2. The maximum absolute atomic E-state index is 12.7. The van der Waals surface area contributed by atoms with Crippen LogP contribution in [-0.4, -0.2) is 42.5 Å². The minimum absolute atomic E-state index is 0.0275. The van der Waals surface area contributed by atoms with E-state index >= 15 is 0 Å². The molecule has 0 atom stereocenters. The van der Waals surface area contributed by atoms with Gasteiger partial charge in [0.2, 0.25) is 5.91 Å². The van der Waals surface area contributed by atoms with Crippen LogP contribution in [0.3, 0.4) is 0 Å². The smallest absolute Gasteiger partial charge is 0.416 e. The lowest BCUT2D eigenvalue weighted by atomic mass is 10.2. The molecule has 0 aliphatic carbocycles. The maximum Gasteiger partial charge on any atom is 0.416 e. The van der Waals surface area contributed by atoms with E-state index in [9.17, 15) is 22.8 Å². The Kier molecular flexibility index (Phi) is 8.40. The number of anilines is 1. The number of nitrogens with zero attached hydrogens (tertiary/aromatic N) is 1. The molecule has 2 amide bonds. The molecule has 0 aliphatic rings. The molecule has 0 fully saturated rings. The van der Waals surface area contributed by atoms with Crippen molar-refractivity contribution in [1.82, 2.24) is 10.3 Å². The highest BCUT2D eigenvalue weighted by Gasteiger charge is 2.30. The third kappa shape index (κ3) is 7.25. The van der Waals surface area contributed by atoms with E-state index < -0.39 is 17.6 Å². The number of benzene rings is 1. The van der Waals surface area contributed by atoms with E-state index in [2.05, 4.69) is 15.6 Å². The van der Waals surface area contributed by atoms with Crippen LogP contribution in [0.2, 0.25) is 0 Å². The lowest BCUT2D eigenvalue weighted by Crippen LogP contribution is -2.79. The summed E-state index contributed by atoms with van der Waals surface area (Å²) in [5.41, 5.74) is -0.146. The molecule has 0 unspecified atom stereocenters. The lowest BCUT2D eigenvalue weighted by molar-refractivity contribution is -0.579. The normalized spacial score (nSPS) is 11.8. The summed E-state index contributed by atoms with van der Waals surface area (Å²) in [4.78, 5) is 27.7. The molecule has 1 aromatic carbocycles. The zero-order chi connectivity index (χ0) is 24.6. The van der Waals surface area contributed by atoms with Crippen molar-refractivity contribution in [3.63, 3.8) is 0 Å². The van der Waals surface area contributed by atoms with Gasteiger partial charge in [-0.2, -0.15) is 13.2 Å². The van der Waals surface area contributed by atoms with Gasteiger partial charge in [0.1, 0.15) is 17.1 Å². The number of aromatic nitrogens is 1. The van der Waals surface area contributed by atoms with E-state index in [1.807, 2.05) is 0 Å². The van der Waals surface area contributed by atoms with Crippen LogP contribution in [0.1, 0.15) is 18.1 Å². The molecule has 33 heavy (non-hydrogen) atoms.